The minimum Gasteiger partial charge on any atom is -0.328 e. The van der Waals surface area contributed by atoms with Crippen molar-refractivity contribution >= 4 is 35.8 Å². The van der Waals surface area contributed by atoms with E-state index < -0.39 is 0 Å². The average molecular weight is 341 g/mol. The molecule has 1 amide bonds. The number of anilines is 1. The predicted molar refractivity (Wildman–Crippen MR) is 95.7 cm³/mol. The van der Waals surface area contributed by atoms with Gasteiger partial charge < -0.3 is 11.1 Å². The van der Waals surface area contributed by atoms with Gasteiger partial charge in [0.1, 0.15) is 0 Å². The number of carbonyl (C=O) groups is 1. The Kier molecular flexibility index (Phi) is 6.60. The highest BCUT2D eigenvalue weighted by Gasteiger charge is 2.27. The summed E-state index contributed by atoms with van der Waals surface area (Å²) in [4.78, 5) is 13.5. The number of hydrogen-bond acceptors (Lipinski definition) is 3. The predicted octanol–water partition coefficient (Wildman–Crippen LogP) is 4.21. The smallest absolute Gasteiger partial charge is 0.227 e. The molecule has 2 saturated carbocycles. The molecule has 0 saturated heterocycles. The molecule has 0 aromatic heterocycles. The lowest BCUT2D eigenvalue weighted by Crippen LogP contribution is -2.23. The third-order valence-corrected chi connectivity index (χ3v) is 5.92. The zero-order valence-electron chi connectivity index (χ0n) is 12.8. The van der Waals surface area contributed by atoms with E-state index in [4.69, 9.17) is 5.73 Å². The van der Waals surface area contributed by atoms with Crippen molar-refractivity contribution in [2.75, 3.05) is 5.32 Å². The lowest BCUT2D eigenvalue weighted by molar-refractivity contribution is -0.119. The Morgan fingerprint density at radius 1 is 1.09 bits per heavy atom. The summed E-state index contributed by atoms with van der Waals surface area (Å²) in [6.07, 6.45) is 8.12. The molecule has 1 aromatic carbocycles. The number of nitrogens with two attached hydrogens (primary N) is 1. The van der Waals surface area contributed by atoms with Gasteiger partial charge in [0.05, 0.1) is 0 Å². The van der Waals surface area contributed by atoms with Gasteiger partial charge in [0.25, 0.3) is 0 Å². The van der Waals surface area contributed by atoms with Crippen LogP contribution in [0.4, 0.5) is 5.69 Å². The second-order valence-electron chi connectivity index (χ2n) is 6.31. The molecular formula is C17H25ClN2OS. The summed E-state index contributed by atoms with van der Waals surface area (Å²) in [7, 11) is 0. The van der Waals surface area contributed by atoms with Crippen LogP contribution < -0.4 is 11.1 Å². The fourth-order valence-corrected chi connectivity index (χ4v) is 4.56. The molecule has 0 radical (unpaired) electrons. The molecule has 3 rings (SSSR count). The van der Waals surface area contributed by atoms with Crippen LogP contribution in [-0.4, -0.2) is 17.2 Å². The van der Waals surface area contributed by atoms with Crippen LogP contribution in [0.2, 0.25) is 0 Å². The molecular weight excluding hydrogens is 316 g/mol. The Morgan fingerprint density at radius 2 is 1.77 bits per heavy atom. The van der Waals surface area contributed by atoms with Crippen LogP contribution in [0.25, 0.3) is 0 Å². The Balaban J connectivity index is 0.00000176. The van der Waals surface area contributed by atoms with Crippen molar-refractivity contribution in [3.8, 4) is 0 Å². The Bertz CT molecular complexity index is 488. The summed E-state index contributed by atoms with van der Waals surface area (Å²) in [6.45, 7) is 0. The van der Waals surface area contributed by atoms with Crippen LogP contribution in [0, 0.1) is 5.92 Å². The van der Waals surface area contributed by atoms with Crippen LogP contribution in [0.3, 0.4) is 0 Å². The summed E-state index contributed by atoms with van der Waals surface area (Å²) >= 11 is 1.98. The van der Waals surface area contributed by atoms with E-state index in [1.807, 2.05) is 23.9 Å². The Morgan fingerprint density at radius 3 is 2.36 bits per heavy atom. The molecule has 22 heavy (non-hydrogen) atoms. The molecule has 0 aliphatic heterocycles. The Labute approximate surface area is 143 Å². The minimum absolute atomic E-state index is 0. The molecule has 0 bridgehead atoms. The summed E-state index contributed by atoms with van der Waals surface area (Å²) in [5.41, 5.74) is 6.77. The molecule has 2 aliphatic rings. The SMILES string of the molecule is Cl.NC1CCC(C(=O)Nc2ccc(SC3CCCC3)cc2)C1. The van der Waals surface area contributed by atoms with Gasteiger partial charge in [0, 0.05) is 27.8 Å². The van der Waals surface area contributed by atoms with Crippen LogP contribution in [0.1, 0.15) is 44.9 Å². The summed E-state index contributed by atoms with van der Waals surface area (Å²) in [6, 6.07) is 8.48. The van der Waals surface area contributed by atoms with Gasteiger partial charge in [-0.25, -0.2) is 0 Å². The highest BCUT2D eigenvalue weighted by atomic mass is 35.5. The van der Waals surface area contributed by atoms with Crippen LogP contribution in [0.15, 0.2) is 29.2 Å². The maximum atomic E-state index is 12.2. The molecule has 122 valence electrons. The van der Waals surface area contributed by atoms with Crippen LogP contribution >= 0.6 is 24.2 Å². The normalized spacial score (nSPS) is 25.0. The van der Waals surface area contributed by atoms with Gasteiger partial charge in [-0.15, -0.1) is 24.2 Å². The molecule has 1 aromatic rings. The van der Waals surface area contributed by atoms with Crippen molar-refractivity contribution in [3.05, 3.63) is 24.3 Å². The highest BCUT2D eigenvalue weighted by Crippen LogP contribution is 2.35. The number of benzene rings is 1. The molecule has 3 N–H and O–H groups in total. The van der Waals surface area contributed by atoms with Gasteiger partial charge in [0.2, 0.25) is 5.91 Å². The molecule has 2 atom stereocenters. The molecule has 0 heterocycles. The first kappa shape index (κ1) is 17.6. The third-order valence-electron chi connectivity index (χ3n) is 4.57. The van der Waals surface area contributed by atoms with E-state index in [-0.39, 0.29) is 30.3 Å². The standard InChI is InChI=1S/C17H24N2OS.ClH/c18-13-6-5-12(11-13)17(20)19-14-7-9-16(10-8-14)21-15-3-1-2-4-15;/h7-10,12-13,15H,1-6,11,18H2,(H,19,20);1H. The number of nitrogens with one attached hydrogen (secondary N) is 1. The fourth-order valence-electron chi connectivity index (χ4n) is 3.31. The second kappa shape index (κ2) is 8.23. The summed E-state index contributed by atoms with van der Waals surface area (Å²) in [5.74, 6) is 0.215. The molecule has 2 aliphatic carbocycles. The van der Waals surface area contributed by atoms with E-state index in [2.05, 4.69) is 17.4 Å². The van der Waals surface area contributed by atoms with Gasteiger partial charge in [-0.1, -0.05) is 12.8 Å². The zero-order chi connectivity index (χ0) is 14.7. The van der Waals surface area contributed by atoms with Crippen molar-refractivity contribution in [2.45, 2.75) is 61.1 Å². The minimum atomic E-state index is 0. The summed E-state index contributed by atoms with van der Waals surface area (Å²) in [5, 5.41) is 3.80. The largest absolute Gasteiger partial charge is 0.328 e. The van der Waals surface area contributed by atoms with Gasteiger partial charge in [-0.05, 0) is 56.4 Å². The van der Waals surface area contributed by atoms with Crippen molar-refractivity contribution in [3.63, 3.8) is 0 Å². The molecule has 2 fully saturated rings. The Hall–Kier alpha value is -0.710. The summed E-state index contributed by atoms with van der Waals surface area (Å²) < 4.78 is 0. The van der Waals surface area contributed by atoms with Crippen LogP contribution in [0.5, 0.6) is 0 Å². The molecule has 2 unspecified atom stereocenters. The zero-order valence-corrected chi connectivity index (χ0v) is 14.4. The van der Waals surface area contributed by atoms with Crippen molar-refractivity contribution < 1.29 is 4.79 Å². The lowest BCUT2D eigenvalue weighted by atomic mass is 10.1. The maximum Gasteiger partial charge on any atom is 0.227 e. The highest BCUT2D eigenvalue weighted by molar-refractivity contribution is 8.00. The van der Waals surface area contributed by atoms with Gasteiger partial charge in [-0.3, -0.25) is 4.79 Å². The molecule has 3 nitrogen and oxygen atoms in total. The van der Waals surface area contributed by atoms with Gasteiger partial charge in [-0.2, -0.15) is 0 Å². The number of rotatable bonds is 4. The first-order valence-electron chi connectivity index (χ1n) is 8.04. The second-order valence-corrected chi connectivity index (χ2v) is 7.68. The fraction of sp³-hybridized carbons (Fsp3) is 0.588. The number of hydrogen-bond donors (Lipinski definition) is 2. The third kappa shape index (κ3) is 4.64. The van der Waals surface area contributed by atoms with Crippen molar-refractivity contribution in [2.24, 2.45) is 11.7 Å². The lowest BCUT2D eigenvalue weighted by Gasteiger charge is -2.12. The van der Waals surface area contributed by atoms with Crippen LogP contribution in [-0.2, 0) is 4.79 Å². The van der Waals surface area contributed by atoms with E-state index >= 15 is 0 Å². The van der Waals surface area contributed by atoms with E-state index in [0.29, 0.717) is 0 Å². The van der Waals surface area contributed by atoms with Crippen molar-refractivity contribution in [1.29, 1.82) is 0 Å². The number of thioether (sulfide) groups is 1. The van der Waals surface area contributed by atoms with E-state index in [9.17, 15) is 4.79 Å². The van der Waals surface area contributed by atoms with Crippen molar-refractivity contribution in [1.82, 2.24) is 0 Å². The monoisotopic (exact) mass is 340 g/mol. The maximum absolute atomic E-state index is 12.2. The van der Waals surface area contributed by atoms with E-state index in [0.717, 1.165) is 30.2 Å². The average Bonchev–Trinajstić information content (AvgIpc) is 3.12. The number of amides is 1. The van der Waals surface area contributed by atoms with E-state index in [1.54, 1.807) is 0 Å². The number of carbonyl (C=O) groups excluding carboxylic acids is 1. The quantitative estimate of drug-likeness (QED) is 0.863. The molecule has 0 spiro atoms. The van der Waals surface area contributed by atoms with E-state index in [1.165, 1.54) is 30.6 Å². The first-order chi connectivity index (χ1) is 10.2. The first-order valence-corrected chi connectivity index (χ1v) is 8.92. The molecule has 5 heteroatoms. The van der Waals surface area contributed by atoms with Gasteiger partial charge in [0.15, 0.2) is 0 Å². The number of halogens is 1. The van der Waals surface area contributed by atoms with Gasteiger partial charge >= 0.3 is 0 Å². The topological polar surface area (TPSA) is 55.1 Å².